The first-order valence-electron chi connectivity index (χ1n) is 12.1. The first-order chi connectivity index (χ1) is 17.9. The number of nitrogens with zero attached hydrogens (tertiary/aromatic N) is 2. The lowest BCUT2D eigenvalue weighted by Gasteiger charge is -2.32. The highest BCUT2D eigenvalue weighted by Crippen LogP contribution is 2.31. The number of benzene rings is 3. The van der Waals surface area contributed by atoms with Crippen LogP contribution in [0.2, 0.25) is 5.02 Å². The fourth-order valence-corrected chi connectivity index (χ4v) is 5.76. The molecule has 3 aromatic rings. The van der Waals surface area contributed by atoms with E-state index in [4.69, 9.17) is 11.6 Å². The molecule has 0 aliphatic heterocycles. The number of amides is 2. The van der Waals surface area contributed by atoms with Gasteiger partial charge in [0, 0.05) is 17.1 Å². The van der Waals surface area contributed by atoms with E-state index in [-0.39, 0.29) is 34.1 Å². The maximum atomic E-state index is 13.9. The second-order valence-corrected chi connectivity index (χ2v) is 12.4. The summed E-state index contributed by atoms with van der Waals surface area (Å²) in [6.45, 7) is 6.71. The number of halogens is 2. The maximum absolute atomic E-state index is 13.9. The lowest BCUT2D eigenvalue weighted by Crippen LogP contribution is -2.52. The predicted octanol–water partition coefficient (Wildman–Crippen LogP) is 5.55. The minimum atomic E-state index is -4.17. The summed E-state index contributed by atoms with van der Waals surface area (Å²) < 4.78 is 29.5. The normalized spacial score (nSPS) is 12.2. The highest BCUT2D eigenvalue weighted by atomic mass is 79.9. The van der Waals surface area contributed by atoms with Crippen molar-refractivity contribution >= 4 is 55.1 Å². The molecule has 1 N–H and O–H groups in total. The molecular formula is C28H31BrClN3O4S. The standard InChI is InChI=1S/C28H31BrClN3O4S/c1-19(2)31-28(35)21(4)32(17-22-11-13-23(29)14-12-22)27(34)18-33(26-8-6-5-7-25(26)30)38(36,37)24-15-9-20(3)10-16-24/h5-16,19,21H,17-18H2,1-4H3,(H,31,35)/t21-/m0/s1. The van der Waals surface area contributed by atoms with Gasteiger partial charge in [-0.05, 0) is 69.7 Å². The van der Waals surface area contributed by atoms with E-state index in [1.165, 1.54) is 17.0 Å². The van der Waals surface area contributed by atoms with Gasteiger partial charge >= 0.3 is 0 Å². The molecule has 0 aliphatic carbocycles. The van der Waals surface area contributed by atoms with Crippen LogP contribution in [-0.2, 0) is 26.2 Å². The molecule has 0 unspecified atom stereocenters. The molecule has 202 valence electrons. The Hall–Kier alpha value is -2.88. The number of aryl methyl sites for hydroxylation is 1. The molecule has 1 atom stereocenters. The lowest BCUT2D eigenvalue weighted by atomic mass is 10.1. The van der Waals surface area contributed by atoms with E-state index in [0.29, 0.717) is 0 Å². The van der Waals surface area contributed by atoms with Crippen LogP contribution in [0.3, 0.4) is 0 Å². The van der Waals surface area contributed by atoms with Gasteiger partial charge < -0.3 is 10.2 Å². The Morgan fingerprint density at radius 1 is 0.947 bits per heavy atom. The Balaban J connectivity index is 2.04. The van der Waals surface area contributed by atoms with Gasteiger partial charge in [0.15, 0.2) is 0 Å². The van der Waals surface area contributed by atoms with Gasteiger partial charge in [0.1, 0.15) is 12.6 Å². The minimum absolute atomic E-state index is 0.0286. The first kappa shape index (κ1) is 29.7. The van der Waals surface area contributed by atoms with Crippen LogP contribution in [-0.4, -0.2) is 43.8 Å². The van der Waals surface area contributed by atoms with Crippen LogP contribution in [0, 0.1) is 6.92 Å². The van der Waals surface area contributed by atoms with Crippen molar-refractivity contribution in [2.75, 3.05) is 10.8 Å². The number of rotatable bonds is 10. The maximum Gasteiger partial charge on any atom is 0.264 e. The lowest BCUT2D eigenvalue weighted by molar-refractivity contribution is -0.139. The van der Waals surface area contributed by atoms with Gasteiger partial charge in [0.25, 0.3) is 10.0 Å². The summed E-state index contributed by atoms with van der Waals surface area (Å²) in [6.07, 6.45) is 0. The van der Waals surface area contributed by atoms with Crippen molar-refractivity contribution in [3.8, 4) is 0 Å². The summed E-state index contributed by atoms with van der Waals surface area (Å²) in [5.74, 6) is -0.883. The summed E-state index contributed by atoms with van der Waals surface area (Å²) in [6, 6.07) is 19.2. The zero-order chi connectivity index (χ0) is 28.0. The van der Waals surface area contributed by atoms with Crippen LogP contribution >= 0.6 is 27.5 Å². The highest BCUT2D eigenvalue weighted by Gasteiger charge is 2.33. The Kier molecular flexibility index (Phi) is 9.98. The van der Waals surface area contributed by atoms with E-state index in [0.717, 1.165) is 19.9 Å². The van der Waals surface area contributed by atoms with Crippen molar-refractivity contribution in [2.24, 2.45) is 0 Å². The number of para-hydroxylation sites is 1. The van der Waals surface area contributed by atoms with Crippen molar-refractivity contribution in [2.45, 2.75) is 51.2 Å². The second-order valence-electron chi connectivity index (χ2n) is 9.26. The van der Waals surface area contributed by atoms with Crippen LogP contribution in [0.5, 0.6) is 0 Å². The Morgan fingerprint density at radius 3 is 2.13 bits per heavy atom. The largest absolute Gasteiger partial charge is 0.352 e. The summed E-state index contributed by atoms with van der Waals surface area (Å²) >= 11 is 9.82. The molecule has 7 nitrogen and oxygen atoms in total. The third kappa shape index (κ3) is 7.36. The van der Waals surface area contributed by atoms with E-state index < -0.39 is 28.5 Å². The van der Waals surface area contributed by atoms with Crippen LogP contribution in [0.1, 0.15) is 31.9 Å². The Bertz CT molecular complexity index is 1380. The van der Waals surface area contributed by atoms with E-state index in [9.17, 15) is 18.0 Å². The number of hydrogen-bond acceptors (Lipinski definition) is 4. The summed E-state index contributed by atoms with van der Waals surface area (Å²) in [7, 11) is -4.17. The number of hydrogen-bond donors (Lipinski definition) is 1. The predicted molar refractivity (Wildman–Crippen MR) is 155 cm³/mol. The third-order valence-corrected chi connectivity index (χ3v) is 8.50. The third-order valence-electron chi connectivity index (χ3n) is 5.87. The fourth-order valence-electron chi connectivity index (χ4n) is 3.78. The molecule has 3 rings (SSSR count). The Labute approximate surface area is 238 Å². The molecule has 10 heteroatoms. The van der Waals surface area contributed by atoms with Crippen molar-refractivity contribution in [3.05, 3.63) is 93.4 Å². The molecular weight excluding hydrogens is 590 g/mol. The van der Waals surface area contributed by atoms with Gasteiger partial charge in [-0.1, -0.05) is 69.5 Å². The van der Waals surface area contributed by atoms with Crippen molar-refractivity contribution in [1.29, 1.82) is 0 Å². The zero-order valence-electron chi connectivity index (χ0n) is 21.7. The smallest absolute Gasteiger partial charge is 0.264 e. The van der Waals surface area contributed by atoms with Crippen LogP contribution in [0.4, 0.5) is 5.69 Å². The van der Waals surface area contributed by atoms with Crippen LogP contribution in [0.25, 0.3) is 0 Å². The number of sulfonamides is 1. The van der Waals surface area contributed by atoms with Gasteiger partial charge in [-0.25, -0.2) is 8.42 Å². The number of anilines is 1. The molecule has 0 aromatic heterocycles. The molecule has 0 fully saturated rings. The minimum Gasteiger partial charge on any atom is -0.352 e. The Morgan fingerprint density at radius 2 is 1.55 bits per heavy atom. The van der Waals surface area contributed by atoms with E-state index >= 15 is 0 Å². The van der Waals surface area contributed by atoms with E-state index in [2.05, 4.69) is 21.2 Å². The van der Waals surface area contributed by atoms with Gasteiger partial charge in [-0.15, -0.1) is 0 Å². The quantitative estimate of drug-likeness (QED) is 0.322. The molecule has 0 heterocycles. The van der Waals surface area contributed by atoms with E-state index in [1.807, 2.05) is 45.0 Å². The molecule has 0 spiro atoms. The summed E-state index contributed by atoms with van der Waals surface area (Å²) in [5, 5.41) is 3.02. The van der Waals surface area contributed by atoms with E-state index in [1.54, 1.807) is 43.3 Å². The average Bonchev–Trinajstić information content (AvgIpc) is 2.86. The van der Waals surface area contributed by atoms with Gasteiger partial charge in [-0.2, -0.15) is 0 Å². The summed E-state index contributed by atoms with van der Waals surface area (Å²) in [5.41, 5.74) is 1.86. The fraction of sp³-hybridized carbons (Fsp3) is 0.286. The zero-order valence-corrected chi connectivity index (χ0v) is 24.8. The molecule has 0 radical (unpaired) electrons. The van der Waals surface area contributed by atoms with Gasteiger partial charge in [0.05, 0.1) is 15.6 Å². The van der Waals surface area contributed by atoms with Crippen LogP contribution < -0.4 is 9.62 Å². The summed E-state index contributed by atoms with van der Waals surface area (Å²) in [4.78, 5) is 28.2. The molecule has 3 aromatic carbocycles. The second kappa shape index (κ2) is 12.8. The molecule has 38 heavy (non-hydrogen) atoms. The van der Waals surface area contributed by atoms with Crippen molar-refractivity contribution in [1.82, 2.24) is 10.2 Å². The van der Waals surface area contributed by atoms with Gasteiger partial charge in [0.2, 0.25) is 11.8 Å². The van der Waals surface area contributed by atoms with Gasteiger partial charge in [-0.3, -0.25) is 13.9 Å². The average molecular weight is 621 g/mol. The highest BCUT2D eigenvalue weighted by molar-refractivity contribution is 9.10. The first-order valence-corrected chi connectivity index (χ1v) is 14.7. The number of carbonyl (C=O) groups excluding carboxylic acids is 2. The topological polar surface area (TPSA) is 86.8 Å². The molecule has 0 aliphatic rings. The number of nitrogens with one attached hydrogen (secondary N) is 1. The SMILES string of the molecule is Cc1ccc(S(=O)(=O)N(CC(=O)N(Cc2ccc(Br)cc2)[C@@H](C)C(=O)NC(C)C)c2ccccc2Cl)cc1. The monoisotopic (exact) mass is 619 g/mol. The molecule has 0 saturated heterocycles. The van der Waals surface area contributed by atoms with Crippen LogP contribution in [0.15, 0.2) is 82.2 Å². The van der Waals surface area contributed by atoms with Crippen molar-refractivity contribution < 1.29 is 18.0 Å². The molecule has 0 saturated carbocycles. The molecule has 0 bridgehead atoms. The van der Waals surface area contributed by atoms with Crippen molar-refractivity contribution in [3.63, 3.8) is 0 Å². The molecule has 2 amide bonds. The number of carbonyl (C=O) groups is 2.